The zero-order chi connectivity index (χ0) is 22.1. The van der Waals surface area contributed by atoms with Gasteiger partial charge in [0.15, 0.2) is 11.5 Å². The predicted molar refractivity (Wildman–Crippen MR) is 118 cm³/mol. The lowest BCUT2D eigenvalue weighted by atomic mass is 10.2. The zero-order valence-corrected chi connectivity index (χ0v) is 18.0. The second kappa shape index (κ2) is 8.23. The van der Waals surface area contributed by atoms with Crippen molar-refractivity contribution in [3.8, 4) is 17.1 Å². The van der Waals surface area contributed by atoms with Gasteiger partial charge in [0.1, 0.15) is 11.3 Å². The van der Waals surface area contributed by atoms with Gasteiger partial charge in [-0.3, -0.25) is 4.57 Å². The molecule has 4 rings (SSSR count). The van der Waals surface area contributed by atoms with Crippen molar-refractivity contribution < 1.29 is 9.53 Å². The average Bonchev–Trinajstić information content (AvgIpc) is 3.03. The van der Waals surface area contributed by atoms with Crippen molar-refractivity contribution in [1.29, 1.82) is 0 Å². The number of aromatic nitrogens is 4. The molecule has 4 aromatic rings. The van der Waals surface area contributed by atoms with Crippen LogP contribution in [0.1, 0.15) is 5.56 Å². The number of rotatable bonds is 4. The first-order chi connectivity index (χ1) is 14.9. The highest BCUT2D eigenvalue weighted by atomic mass is 35.5. The topological polar surface area (TPSA) is 82.2 Å². The van der Waals surface area contributed by atoms with Gasteiger partial charge < -0.3 is 9.64 Å². The highest BCUT2D eigenvalue weighted by molar-refractivity contribution is 6.30. The Balaban J connectivity index is 1.72. The van der Waals surface area contributed by atoms with E-state index in [0.717, 1.165) is 15.7 Å². The largest absolute Gasteiger partial charge is 0.497 e. The molecule has 0 spiro atoms. The molecular formula is C22H20ClN5O3. The molecule has 31 heavy (non-hydrogen) atoms. The van der Waals surface area contributed by atoms with Gasteiger partial charge in [0.2, 0.25) is 0 Å². The van der Waals surface area contributed by atoms with E-state index in [9.17, 15) is 9.59 Å². The van der Waals surface area contributed by atoms with Gasteiger partial charge in [-0.2, -0.15) is 0 Å². The van der Waals surface area contributed by atoms with Crippen LogP contribution in [0.3, 0.4) is 0 Å². The molecular weight excluding hydrogens is 418 g/mol. The number of nitrogens with zero attached hydrogens (tertiary/aromatic N) is 5. The highest BCUT2D eigenvalue weighted by Gasteiger charge is 2.22. The van der Waals surface area contributed by atoms with Crippen LogP contribution in [0.4, 0.5) is 4.79 Å². The van der Waals surface area contributed by atoms with E-state index in [1.54, 1.807) is 39.4 Å². The Morgan fingerprint density at radius 3 is 2.71 bits per heavy atom. The molecule has 9 heteroatoms. The molecule has 0 saturated heterocycles. The molecule has 2 aromatic heterocycles. The van der Waals surface area contributed by atoms with Crippen LogP contribution in [0.25, 0.3) is 22.6 Å². The van der Waals surface area contributed by atoms with E-state index < -0.39 is 11.7 Å². The summed E-state index contributed by atoms with van der Waals surface area (Å²) < 4.78 is 7.67. The number of ether oxygens (including phenoxy) is 1. The highest BCUT2D eigenvalue weighted by Crippen LogP contribution is 2.22. The number of hydrogen-bond donors (Lipinski definition) is 0. The molecule has 1 amide bonds. The number of carbonyl (C=O) groups excluding carboxylic acids is 1. The molecule has 0 aliphatic heterocycles. The summed E-state index contributed by atoms with van der Waals surface area (Å²) in [6.45, 7) is 0.297. The molecule has 0 atom stereocenters. The fourth-order valence-corrected chi connectivity index (χ4v) is 3.56. The summed E-state index contributed by atoms with van der Waals surface area (Å²) in [7, 11) is 4.78. The minimum absolute atomic E-state index is 0.297. The van der Waals surface area contributed by atoms with E-state index in [-0.39, 0.29) is 0 Å². The third-order valence-electron chi connectivity index (χ3n) is 4.94. The summed E-state index contributed by atoms with van der Waals surface area (Å²) in [5.74, 6) is 1.10. The van der Waals surface area contributed by atoms with Gasteiger partial charge in [-0.15, -0.1) is 0 Å². The van der Waals surface area contributed by atoms with Crippen LogP contribution in [0.2, 0.25) is 5.02 Å². The first-order valence-corrected chi connectivity index (χ1v) is 9.85. The number of hydrogen-bond acceptors (Lipinski definition) is 5. The molecule has 0 fully saturated rings. The van der Waals surface area contributed by atoms with Crippen LogP contribution in [0.5, 0.6) is 5.75 Å². The molecule has 0 aliphatic rings. The SMILES string of the molecule is COc1cccc(-c2ncc3c(n2)n(C)c(=O)n3C(=O)N(C)Cc2cccc(Cl)c2)c1. The summed E-state index contributed by atoms with van der Waals surface area (Å²) in [5, 5.41) is 0.583. The number of benzene rings is 2. The van der Waals surface area contributed by atoms with E-state index >= 15 is 0 Å². The molecule has 2 heterocycles. The Labute approximate surface area is 183 Å². The van der Waals surface area contributed by atoms with Crippen LogP contribution in [0.15, 0.2) is 59.5 Å². The lowest BCUT2D eigenvalue weighted by molar-refractivity contribution is 0.208. The number of carbonyl (C=O) groups is 1. The fourth-order valence-electron chi connectivity index (χ4n) is 3.35. The smallest absolute Gasteiger partial charge is 0.338 e. The quantitative estimate of drug-likeness (QED) is 0.487. The maximum absolute atomic E-state index is 13.1. The van der Waals surface area contributed by atoms with Crippen LogP contribution < -0.4 is 10.4 Å². The number of halogens is 1. The van der Waals surface area contributed by atoms with Gasteiger partial charge >= 0.3 is 11.7 Å². The van der Waals surface area contributed by atoms with E-state index in [1.807, 2.05) is 30.3 Å². The van der Waals surface area contributed by atoms with Gasteiger partial charge in [-0.25, -0.2) is 24.1 Å². The van der Waals surface area contributed by atoms with Crippen molar-refractivity contribution in [2.75, 3.05) is 14.2 Å². The van der Waals surface area contributed by atoms with E-state index in [0.29, 0.717) is 34.3 Å². The minimum atomic E-state index is -0.491. The number of fused-ring (bicyclic) bond motifs is 1. The lowest BCUT2D eigenvalue weighted by Gasteiger charge is -2.17. The molecule has 0 bridgehead atoms. The monoisotopic (exact) mass is 437 g/mol. The molecule has 0 aliphatic carbocycles. The number of imidazole rings is 1. The number of aryl methyl sites for hydroxylation is 1. The van der Waals surface area contributed by atoms with Crippen molar-refractivity contribution >= 4 is 28.8 Å². The molecule has 8 nitrogen and oxygen atoms in total. The molecule has 2 aromatic carbocycles. The predicted octanol–water partition coefficient (Wildman–Crippen LogP) is 3.56. The third kappa shape index (κ3) is 3.89. The van der Waals surface area contributed by atoms with Gasteiger partial charge in [0, 0.05) is 31.2 Å². The van der Waals surface area contributed by atoms with Crippen LogP contribution in [0, 0.1) is 0 Å². The summed E-state index contributed by atoms with van der Waals surface area (Å²) in [5.41, 5.74) is 1.80. The van der Waals surface area contributed by atoms with E-state index in [2.05, 4.69) is 9.97 Å². The Hall–Kier alpha value is -3.65. The van der Waals surface area contributed by atoms with Crippen LogP contribution in [-0.2, 0) is 13.6 Å². The molecule has 0 N–H and O–H groups in total. The van der Waals surface area contributed by atoms with E-state index in [1.165, 1.54) is 15.7 Å². The maximum atomic E-state index is 13.1. The van der Waals surface area contributed by atoms with Crippen molar-refractivity contribution in [1.82, 2.24) is 24.0 Å². The molecule has 158 valence electrons. The average molecular weight is 438 g/mol. The molecule has 0 unspecified atom stereocenters. The van der Waals surface area contributed by atoms with Crippen molar-refractivity contribution in [3.63, 3.8) is 0 Å². The van der Waals surface area contributed by atoms with Crippen molar-refractivity contribution in [3.05, 3.63) is 75.8 Å². The van der Waals surface area contributed by atoms with Gasteiger partial charge in [-0.05, 0) is 29.8 Å². The van der Waals surface area contributed by atoms with Gasteiger partial charge in [-0.1, -0.05) is 35.9 Å². The standard InChI is InChI=1S/C22H20ClN5O3/c1-26(13-14-6-4-8-16(23)10-14)21(29)28-18-12-24-19(25-20(18)27(2)22(28)30)15-7-5-9-17(11-15)31-3/h4-12H,13H2,1-3H3. The summed E-state index contributed by atoms with van der Waals surface area (Å²) in [6.07, 6.45) is 1.49. The third-order valence-corrected chi connectivity index (χ3v) is 5.18. The van der Waals surface area contributed by atoms with Crippen molar-refractivity contribution in [2.45, 2.75) is 6.54 Å². The second-order valence-corrected chi connectivity index (χ2v) is 7.52. The normalized spacial score (nSPS) is 11.0. The van der Waals surface area contributed by atoms with Crippen LogP contribution in [-0.4, -0.2) is 44.2 Å². The zero-order valence-electron chi connectivity index (χ0n) is 17.2. The van der Waals surface area contributed by atoms with Crippen molar-refractivity contribution in [2.24, 2.45) is 7.05 Å². The fraction of sp³-hybridized carbons (Fsp3) is 0.182. The lowest BCUT2D eigenvalue weighted by Crippen LogP contribution is -2.37. The molecule has 0 radical (unpaired) electrons. The van der Waals surface area contributed by atoms with Crippen LogP contribution >= 0.6 is 11.6 Å². The second-order valence-electron chi connectivity index (χ2n) is 7.08. The first kappa shape index (κ1) is 20.6. The maximum Gasteiger partial charge on any atom is 0.338 e. The van der Waals surface area contributed by atoms with Gasteiger partial charge in [0.05, 0.1) is 13.3 Å². The Bertz CT molecular complexity index is 1340. The minimum Gasteiger partial charge on any atom is -0.497 e. The number of methoxy groups -OCH3 is 1. The first-order valence-electron chi connectivity index (χ1n) is 9.48. The Kier molecular flexibility index (Phi) is 5.48. The Morgan fingerprint density at radius 1 is 1.19 bits per heavy atom. The summed E-state index contributed by atoms with van der Waals surface area (Å²) in [4.78, 5) is 36.3. The summed E-state index contributed by atoms with van der Waals surface area (Å²) in [6, 6.07) is 14.1. The summed E-state index contributed by atoms with van der Waals surface area (Å²) >= 11 is 6.03. The van der Waals surface area contributed by atoms with Gasteiger partial charge in [0.25, 0.3) is 0 Å². The van der Waals surface area contributed by atoms with E-state index in [4.69, 9.17) is 16.3 Å². The number of amides is 1. The molecule has 0 saturated carbocycles. The Morgan fingerprint density at radius 2 is 1.97 bits per heavy atom.